The first-order chi connectivity index (χ1) is 16.3. The number of rotatable bonds is 5. The second-order valence-electron chi connectivity index (χ2n) is 9.33. The van der Waals surface area contributed by atoms with Crippen molar-refractivity contribution in [2.45, 2.75) is 57.0 Å². The molecule has 34 heavy (non-hydrogen) atoms. The molecular formula is C25H26F2N4O3. The van der Waals surface area contributed by atoms with Crippen molar-refractivity contribution in [3.05, 3.63) is 53.4 Å². The van der Waals surface area contributed by atoms with Crippen molar-refractivity contribution in [2.75, 3.05) is 7.11 Å². The van der Waals surface area contributed by atoms with Crippen LogP contribution in [0, 0.1) is 11.6 Å². The van der Waals surface area contributed by atoms with Gasteiger partial charge in [0, 0.05) is 35.5 Å². The van der Waals surface area contributed by atoms with E-state index in [0.29, 0.717) is 37.0 Å². The number of fused-ring (bicyclic) bond motifs is 2. The molecular weight excluding hydrogens is 442 g/mol. The number of aromatic amines is 1. The van der Waals surface area contributed by atoms with Gasteiger partial charge in [0.25, 0.3) is 0 Å². The number of pyridine rings is 1. The zero-order valence-electron chi connectivity index (χ0n) is 19.2. The Hall–Kier alpha value is -3.33. The zero-order valence-corrected chi connectivity index (χ0v) is 19.2. The molecule has 4 aromatic rings. The minimum Gasteiger partial charge on any atom is -0.479 e. The number of hydrogen-bond donors (Lipinski definition) is 2. The van der Waals surface area contributed by atoms with Crippen LogP contribution in [0.3, 0.4) is 0 Å². The van der Waals surface area contributed by atoms with E-state index in [1.54, 1.807) is 12.3 Å². The van der Waals surface area contributed by atoms with E-state index in [0.717, 1.165) is 33.7 Å². The smallest absolute Gasteiger partial charge is 0.335 e. The fraction of sp³-hybridized carbons (Fsp3) is 0.400. The number of benzene rings is 1. The summed E-state index contributed by atoms with van der Waals surface area (Å²) < 4.78 is 35.4. The minimum atomic E-state index is -1.18. The number of aromatic nitrogens is 4. The quantitative estimate of drug-likeness (QED) is 0.407. The number of H-pyrrole nitrogens is 1. The summed E-state index contributed by atoms with van der Waals surface area (Å²) in [4.78, 5) is 16.8. The molecule has 0 radical (unpaired) electrons. The molecule has 7 nitrogen and oxygen atoms in total. The number of carbonyl (C=O) groups is 1. The first-order valence-electron chi connectivity index (χ1n) is 11.4. The van der Waals surface area contributed by atoms with Crippen molar-refractivity contribution in [3.8, 4) is 5.69 Å². The van der Waals surface area contributed by atoms with Gasteiger partial charge < -0.3 is 14.4 Å². The van der Waals surface area contributed by atoms with Gasteiger partial charge in [0.2, 0.25) is 0 Å². The fourth-order valence-electron chi connectivity index (χ4n) is 5.36. The lowest BCUT2D eigenvalue weighted by Gasteiger charge is -2.36. The van der Waals surface area contributed by atoms with Gasteiger partial charge in [-0.05, 0) is 55.7 Å². The van der Waals surface area contributed by atoms with Crippen LogP contribution in [0.2, 0.25) is 0 Å². The highest BCUT2D eigenvalue weighted by Gasteiger charge is 2.44. The number of nitrogens with zero attached hydrogens (tertiary/aromatic N) is 3. The number of halogens is 2. The van der Waals surface area contributed by atoms with Gasteiger partial charge in [0.15, 0.2) is 22.9 Å². The molecule has 9 heteroatoms. The van der Waals surface area contributed by atoms with Gasteiger partial charge in [0.1, 0.15) is 0 Å². The largest absolute Gasteiger partial charge is 0.479 e. The molecule has 0 bridgehead atoms. The van der Waals surface area contributed by atoms with Crippen molar-refractivity contribution in [2.24, 2.45) is 0 Å². The Morgan fingerprint density at radius 2 is 1.97 bits per heavy atom. The number of hydrogen-bond acceptors (Lipinski definition) is 4. The number of methoxy groups -OCH3 is 1. The molecule has 1 fully saturated rings. The molecule has 5 rings (SSSR count). The maximum atomic E-state index is 14.3. The maximum Gasteiger partial charge on any atom is 0.335 e. The van der Waals surface area contributed by atoms with Crippen LogP contribution in [0.15, 0.2) is 30.5 Å². The van der Waals surface area contributed by atoms with Gasteiger partial charge in [0.05, 0.1) is 17.2 Å². The van der Waals surface area contributed by atoms with Crippen LogP contribution in [0.25, 0.3) is 27.8 Å². The monoisotopic (exact) mass is 468 g/mol. The van der Waals surface area contributed by atoms with E-state index >= 15 is 0 Å². The minimum absolute atomic E-state index is 0.0435. The van der Waals surface area contributed by atoms with E-state index in [1.807, 2.05) is 10.6 Å². The van der Waals surface area contributed by atoms with Gasteiger partial charge in [-0.2, -0.15) is 5.10 Å². The molecule has 0 amide bonds. The highest BCUT2D eigenvalue weighted by atomic mass is 19.2. The maximum absolute atomic E-state index is 14.3. The van der Waals surface area contributed by atoms with Gasteiger partial charge in [-0.1, -0.05) is 13.8 Å². The van der Waals surface area contributed by atoms with Crippen LogP contribution >= 0.6 is 0 Å². The molecule has 178 valence electrons. The van der Waals surface area contributed by atoms with Crippen LogP contribution in [0.5, 0.6) is 0 Å². The second kappa shape index (κ2) is 8.16. The molecule has 3 heterocycles. The van der Waals surface area contributed by atoms with E-state index in [1.165, 1.54) is 13.2 Å². The summed E-state index contributed by atoms with van der Waals surface area (Å²) in [5.74, 6) is -2.68. The van der Waals surface area contributed by atoms with Crippen LogP contribution in [-0.2, 0) is 9.53 Å². The lowest BCUT2D eigenvalue weighted by molar-refractivity contribution is -0.166. The molecule has 0 spiro atoms. The molecule has 2 N–H and O–H groups in total. The number of carboxylic acids is 1. The molecule has 0 aliphatic heterocycles. The van der Waals surface area contributed by atoms with Gasteiger partial charge in [-0.3, -0.25) is 5.10 Å². The van der Waals surface area contributed by atoms with Crippen molar-refractivity contribution in [1.29, 1.82) is 0 Å². The third-order valence-electron chi connectivity index (χ3n) is 7.11. The van der Waals surface area contributed by atoms with E-state index < -0.39 is 23.2 Å². The normalized spacial score (nSPS) is 21.1. The Morgan fingerprint density at radius 1 is 1.24 bits per heavy atom. The highest BCUT2D eigenvalue weighted by molar-refractivity contribution is 5.93. The number of ether oxygens (including phenoxy) is 1. The zero-order chi connectivity index (χ0) is 24.2. The average molecular weight is 469 g/mol. The Kier molecular flexibility index (Phi) is 5.39. The Morgan fingerprint density at radius 3 is 2.59 bits per heavy atom. The Balaban J connectivity index is 1.75. The van der Waals surface area contributed by atoms with Crippen LogP contribution in [0.1, 0.15) is 62.6 Å². The molecule has 1 aliphatic carbocycles. The van der Waals surface area contributed by atoms with Crippen molar-refractivity contribution >= 4 is 28.0 Å². The van der Waals surface area contributed by atoms with E-state index in [2.05, 4.69) is 24.0 Å². The number of carboxylic acid groups (broad SMARTS) is 1. The predicted molar refractivity (Wildman–Crippen MR) is 123 cm³/mol. The number of nitrogens with one attached hydrogen (secondary N) is 1. The molecule has 3 aromatic heterocycles. The molecule has 0 unspecified atom stereocenters. The van der Waals surface area contributed by atoms with Gasteiger partial charge in [-0.25, -0.2) is 18.6 Å². The highest BCUT2D eigenvalue weighted by Crippen LogP contribution is 2.46. The van der Waals surface area contributed by atoms with Gasteiger partial charge in [-0.15, -0.1) is 0 Å². The van der Waals surface area contributed by atoms with E-state index in [-0.39, 0.29) is 11.8 Å². The average Bonchev–Trinajstić information content (AvgIpc) is 3.41. The summed E-state index contributed by atoms with van der Waals surface area (Å²) in [7, 11) is 1.44. The van der Waals surface area contributed by atoms with Crippen LogP contribution in [0.4, 0.5) is 8.78 Å². The summed E-state index contributed by atoms with van der Waals surface area (Å²) in [5, 5.41) is 17.6. The lowest BCUT2D eigenvalue weighted by Crippen LogP contribution is -2.43. The Bertz CT molecular complexity index is 1400. The molecule has 1 saturated carbocycles. The lowest BCUT2D eigenvalue weighted by atomic mass is 9.75. The summed E-state index contributed by atoms with van der Waals surface area (Å²) in [6, 6.07) is 5.85. The summed E-state index contributed by atoms with van der Waals surface area (Å²) in [6.07, 6.45) is 3.66. The standard InChI is InChI=1S/C25H26F2N4O3/c1-13(2)22-20(14-6-8-25(34-3,9-7-14)24(32)33)21-19(10-15-12-28-30-23(15)29-21)31(22)16-4-5-17(26)18(27)11-16/h4-5,10-14H,6-9H2,1-3H3,(H,32,33)(H,28,29,30). The van der Waals surface area contributed by atoms with Crippen LogP contribution < -0.4 is 0 Å². The van der Waals surface area contributed by atoms with Crippen molar-refractivity contribution in [1.82, 2.24) is 19.7 Å². The first kappa shape index (κ1) is 22.5. The first-order valence-corrected chi connectivity index (χ1v) is 11.4. The van der Waals surface area contributed by atoms with E-state index in [4.69, 9.17) is 9.72 Å². The molecule has 0 atom stereocenters. The van der Waals surface area contributed by atoms with Crippen LogP contribution in [-0.4, -0.2) is 43.5 Å². The molecule has 0 saturated heterocycles. The molecule has 1 aliphatic rings. The third-order valence-corrected chi connectivity index (χ3v) is 7.11. The third kappa shape index (κ3) is 3.37. The summed E-state index contributed by atoms with van der Waals surface area (Å²) >= 11 is 0. The van der Waals surface area contributed by atoms with Gasteiger partial charge >= 0.3 is 5.97 Å². The fourth-order valence-corrected chi connectivity index (χ4v) is 5.36. The van der Waals surface area contributed by atoms with E-state index in [9.17, 15) is 18.7 Å². The second-order valence-corrected chi connectivity index (χ2v) is 9.33. The van der Waals surface area contributed by atoms with Crippen molar-refractivity contribution in [3.63, 3.8) is 0 Å². The SMILES string of the molecule is COC1(C(=O)O)CCC(c2c(C(C)C)n(-c3ccc(F)c(F)c3)c3cc4cn[nH]c4nc23)CC1. The molecule has 1 aromatic carbocycles. The predicted octanol–water partition coefficient (Wildman–Crippen LogP) is 5.43. The Labute approximate surface area is 194 Å². The topological polar surface area (TPSA) is 93.0 Å². The number of aliphatic carboxylic acids is 1. The van der Waals surface area contributed by atoms with Crippen molar-refractivity contribution < 1.29 is 23.4 Å². The summed E-state index contributed by atoms with van der Waals surface area (Å²) in [6.45, 7) is 4.11. The summed E-state index contributed by atoms with van der Waals surface area (Å²) in [5.41, 5.74) is 3.48.